The van der Waals surface area contributed by atoms with Crippen molar-refractivity contribution < 1.29 is 14.3 Å². The molecule has 0 saturated carbocycles. The van der Waals surface area contributed by atoms with Crippen molar-refractivity contribution in [1.82, 2.24) is 0 Å². The molecule has 5 heteroatoms. The highest BCUT2D eigenvalue weighted by Gasteiger charge is 2.07. The second kappa shape index (κ2) is 8.02. The van der Waals surface area contributed by atoms with Gasteiger partial charge in [-0.25, -0.2) is 0 Å². The predicted molar refractivity (Wildman–Crippen MR) is 88.9 cm³/mol. The molecular weight excluding hydrogens is 314 g/mol. The van der Waals surface area contributed by atoms with Crippen LogP contribution in [-0.2, 0) is 0 Å². The van der Waals surface area contributed by atoms with E-state index in [0.717, 1.165) is 5.56 Å². The lowest BCUT2D eigenvalue weighted by atomic mass is 10.1. The van der Waals surface area contributed by atoms with Gasteiger partial charge < -0.3 is 9.47 Å². The lowest BCUT2D eigenvalue weighted by Crippen LogP contribution is -1.97. The maximum absolute atomic E-state index is 12.1. The van der Waals surface area contributed by atoms with Gasteiger partial charge in [-0.15, -0.1) is 0 Å². The summed E-state index contributed by atoms with van der Waals surface area (Å²) in [6.07, 6.45) is 3.12. The molecule has 0 heterocycles. The number of nitrogens with zero attached hydrogens (tertiary/aromatic N) is 1. The van der Waals surface area contributed by atoms with Gasteiger partial charge in [0.2, 0.25) is 0 Å². The zero-order chi connectivity index (χ0) is 16.7. The molecule has 0 aliphatic rings. The van der Waals surface area contributed by atoms with Gasteiger partial charge in [-0.05, 0) is 35.9 Å². The van der Waals surface area contributed by atoms with Gasteiger partial charge in [0.15, 0.2) is 23.9 Å². The Balaban J connectivity index is 2.18. The van der Waals surface area contributed by atoms with Crippen LogP contribution in [0.25, 0.3) is 6.08 Å². The zero-order valence-corrected chi connectivity index (χ0v) is 13.2. The van der Waals surface area contributed by atoms with Crippen LogP contribution in [-0.4, -0.2) is 19.5 Å². The second-order valence-corrected chi connectivity index (χ2v) is 4.94. The highest BCUT2D eigenvalue weighted by Crippen LogP contribution is 2.28. The monoisotopic (exact) mass is 327 g/mol. The molecule has 0 saturated heterocycles. The number of hydrogen-bond donors (Lipinski definition) is 0. The molecule has 2 aromatic rings. The fourth-order valence-electron chi connectivity index (χ4n) is 1.94. The van der Waals surface area contributed by atoms with Crippen LogP contribution >= 0.6 is 11.6 Å². The molecule has 0 N–H and O–H groups in total. The summed E-state index contributed by atoms with van der Waals surface area (Å²) in [5, 5.41) is 8.96. The summed E-state index contributed by atoms with van der Waals surface area (Å²) >= 11 is 6.00. The van der Waals surface area contributed by atoms with Crippen LogP contribution in [0.3, 0.4) is 0 Å². The van der Waals surface area contributed by atoms with Gasteiger partial charge in [0.1, 0.15) is 6.07 Å². The molecule has 23 heavy (non-hydrogen) atoms. The molecule has 4 nitrogen and oxygen atoms in total. The number of methoxy groups -OCH3 is 1. The Bertz CT molecular complexity index is 778. The van der Waals surface area contributed by atoms with Crippen LogP contribution in [0.2, 0.25) is 5.02 Å². The molecule has 0 amide bonds. The molecule has 0 unspecified atom stereocenters. The van der Waals surface area contributed by atoms with E-state index in [2.05, 4.69) is 0 Å². The van der Waals surface area contributed by atoms with Crippen molar-refractivity contribution in [3.8, 4) is 17.6 Å². The lowest BCUT2D eigenvalue weighted by molar-refractivity contribution is 0.104. The zero-order valence-electron chi connectivity index (χ0n) is 12.5. The highest BCUT2D eigenvalue weighted by molar-refractivity contribution is 6.34. The smallest absolute Gasteiger partial charge is 0.187 e. The Labute approximate surface area is 139 Å². The number of halogens is 1. The van der Waals surface area contributed by atoms with E-state index in [4.69, 9.17) is 26.3 Å². The standard InChI is InChI=1S/C18H14ClNO3/c1-22-18-12-13(7-9-17(18)23-11-10-20)6-8-16(21)14-4-2-3-5-15(14)19/h2-9,12H,11H2,1H3/b8-6+. The van der Waals surface area contributed by atoms with Crippen molar-refractivity contribution in [2.75, 3.05) is 13.7 Å². The Hall–Kier alpha value is -2.77. The van der Waals surface area contributed by atoms with Crippen molar-refractivity contribution in [2.24, 2.45) is 0 Å². The summed E-state index contributed by atoms with van der Waals surface area (Å²) in [5.74, 6) is 0.788. The Morgan fingerprint density at radius 1 is 1.26 bits per heavy atom. The first-order chi connectivity index (χ1) is 11.2. The maximum atomic E-state index is 12.1. The molecule has 116 valence electrons. The average Bonchev–Trinajstić information content (AvgIpc) is 2.58. The van der Waals surface area contributed by atoms with Crippen LogP contribution in [0.1, 0.15) is 15.9 Å². The minimum atomic E-state index is -0.181. The highest BCUT2D eigenvalue weighted by atomic mass is 35.5. The Morgan fingerprint density at radius 3 is 2.74 bits per heavy atom. The van der Waals surface area contributed by atoms with E-state index in [1.807, 2.05) is 6.07 Å². The third-order valence-electron chi connectivity index (χ3n) is 3.05. The van der Waals surface area contributed by atoms with Gasteiger partial charge in [0, 0.05) is 5.56 Å². The van der Waals surface area contributed by atoms with E-state index in [-0.39, 0.29) is 12.4 Å². The SMILES string of the molecule is COc1cc(/C=C/C(=O)c2ccccc2Cl)ccc1OCC#N. The predicted octanol–water partition coefficient (Wildman–Crippen LogP) is 4.15. The third kappa shape index (κ3) is 4.35. The first kappa shape index (κ1) is 16.6. The lowest BCUT2D eigenvalue weighted by Gasteiger charge is -2.08. The van der Waals surface area contributed by atoms with Crippen molar-refractivity contribution in [1.29, 1.82) is 5.26 Å². The number of allylic oxidation sites excluding steroid dienone is 1. The molecule has 0 aromatic heterocycles. The van der Waals surface area contributed by atoms with Gasteiger partial charge in [-0.2, -0.15) is 5.26 Å². The van der Waals surface area contributed by atoms with Gasteiger partial charge in [-0.3, -0.25) is 4.79 Å². The summed E-state index contributed by atoms with van der Waals surface area (Å²) in [7, 11) is 1.51. The van der Waals surface area contributed by atoms with Crippen LogP contribution < -0.4 is 9.47 Å². The Morgan fingerprint density at radius 2 is 2.04 bits per heavy atom. The van der Waals surface area contributed by atoms with Crippen molar-refractivity contribution >= 4 is 23.5 Å². The summed E-state index contributed by atoms with van der Waals surface area (Å²) in [6, 6.07) is 14.0. The number of ketones is 1. The molecule has 0 atom stereocenters. The van der Waals surface area contributed by atoms with E-state index >= 15 is 0 Å². The summed E-state index contributed by atoms with van der Waals surface area (Å²) < 4.78 is 10.5. The van der Waals surface area contributed by atoms with Crippen LogP contribution in [0.5, 0.6) is 11.5 Å². The topological polar surface area (TPSA) is 59.3 Å². The molecular formula is C18H14ClNO3. The summed E-state index contributed by atoms with van der Waals surface area (Å²) in [5.41, 5.74) is 1.22. The number of carbonyl (C=O) groups excluding carboxylic acids is 1. The molecule has 0 aliphatic heterocycles. The number of rotatable bonds is 6. The minimum Gasteiger partial charge on any atom is -0.493 e. The molecule has 0 spiro atoms. The molecule has 0 aliphatic carbocycles. The molecule has 2 rings (SSSR count). The maximum Gasteiger partial charge on any atom is 0.187 e. The number of ether oxygens (including phenoxy) is 2. The van der Waals surface area contributed by atoms with E-state index in [9.17, 15) is 4.79 Å². The quantitative estimate of drug-likeness (QED) is 0.591. The number of nitriles is 1. The molecule has 0 fully saturated rings. The van der Waals surface area contributed by atoms with Crippen molar-refractivity contribution in [3.05, 3.63) is 64.7 Å². The van der Waals surface area contributed by atoms with E-state index in [1.54, 1.807) is 48.5 Å². The number of carbonyl (C=O) groups is 1. The summed E-state index contributed by atoms with van der Waals surface area (Å²) in [6.45, 7) is -0.0590. The van der Waals surface area contributed by atoms with E-state index in [0.29, 0.717) is 22.1 Å². The van der Waals surface area contributed by atoms with Gasteiger partial charge in [0.05, 0.1) is 12.1 Å². The van der Waals surface area contributed by atoms with Crippen LogP contribution in [0, 0.1) is 11.3 Å². The van der Waals surface area contributed by atoms with Crippen LogP contribution in [0.4, 0.5) is 0 Å². The number of benzene rings is 2. The molecule has 2 aromatic carbocycles. The average molecular weight is 328 g/mol. The van der Waals surface area contributed by atoms with E-state index in [1.165, 1.54) is 13.2 Å². The largest absolute Gasteiger partial charge is 0.493 e. The van der Waals surface area contributed by atoms with E-state index < -0.39 is 0 Å². The van der Waals surface area contributed by atoms with Gasteiger partial charge in [-0.1, -0.05) is 35.9 Å². The first-order valence-electron chi connectivity index (χ1n) is 6.80. The van der Waals surface area contributed by atoms with Crippen molar-refractivity contribution in [3.63, 3.8) is 0 Å². The normalized spacial score (nSPS) is 10.3. The molecule has 0 bridgehead atoms. The molecule has 0 radical (unpaired) electrons. The first-order valence-corrected chi connectivity index (χ1v) is 7.18. The van der Waals surface area contributed by atoms with Gasteiger partial charge in [0.25, 0.3) is 0 Å². The number of hydrogen-bond acceptors (Lipinski definition) is 4. The third-order valence-corrected chi connectivity index (χ3v) is 3.38. The van der Waals surface area contributed by atoms with Crippen molar-refractivity contribution in [2.45, 2.75) is 0 Å². The van der Waals surface area contributed by atoms with Gasteiger partial charge >= 0.3 is 0 Å². The Kier molecular flexibility index (Phi) is 5.79. The van der Waals surface area contributed by atoms with Crippen LogP contribution in [0.15, 0.2) is 48.5 Å². The fraction of sp³-hybridized carbons (Fsp3) is 0.111. The minimum absolute atomic E-state index is 0.0590. The fourth-order valence-corrected chi connectivity index (χ4v) is 2.17. The second-order valence-electron chi connectivity index (χ2n) is 4.53. The summed E-state index contributed by atoms with van der Waals surface area (Å²) in [4.78, 5) is 12.1.